The maximum Gasteiger partial charge on any atom is 0.328 e. The third kappa shape index (κ3) is 28.4. The molecule has 1 rings (SSSR count). The average molecular weight is 1330 g/mol. The van der Waals surface area contributed by atoms with E-state index in [0.29, 0.717) is 0 Å². The van der Waals surface area contributed by atoms with Crippen LogP contribution >= 0.6 is 0 Å². The number of nitrogens with two attached hydrogens (primary N) is 4. The van der Waals surface area contributed by atoms with E-state index in [9.17, 15) is 102 Å². The number of carbonyl (C=O) groups is 16. The van der Waals surface area contributed by atoms with Gasteiger partial charge in [0.25, 0.3) is 0 Å². The van der Waals surface area contributed by atoms with Gasteiger partial charge in [-0.2, -0.15) is 0 Å². The number of carbonyl (C=O) groups excluding carboxylic acids is 14. The van der Waals surface area contributed by atoms with Crippen molar-refractivity contribution in [3.05, 3.63) is 0 Å². The summed E-state index contributed by atoms with van der Waals surface area (Å²) < 4.78 is 0. The van der Waals surface area contributed by atoms with Gasteiger partial charge in [0, 0.05) is 19.4 Å². The number of nitrogens with one attached hydrogen (secondary N) is 10. The van der Waals surface area contributed by atoms with E-state index >= 15 is 0 Å². The van der Waals surface area contributed by atoms with Gasteiger partial charge in [-0.05, 0) is 69.1 Å². The Hall–Kier alpha value is -8.64. The monoisotopic (exact) mass is 1330 g/mol. The molecule has 526 valence electrons. The van der Waals surface area contributed by atoms with Gasteiger partial charge in [0.2, 0.25) is 82.7 Å². The summed E-state index contributed by atoms with van der Waals surface area (Å²) in [5.41, 5.74) is 22.4. The van der Waals surface area contributed by atoms with E-state index in [1.54, 1.807) is 27.7 Å². The zero-order valence-electron chi connectivity index (χ0n) is 53.9. The number of aliphatic hydroxyl groups is 3. The van der Waals surface area contributed by atoms with Crippen molar-refractivity contribution in [3.63, 3.8) is 0 Å². The van der Waals surface area contributed by atoms with E-state index in [2.05, 4.69) is 47.9 Å². The minimum atomic E-state index is -1.97. The second-order valence-electron chi connectivity index (χ2n) is 23.9. The van der Waals surface area contributed by atoms with E-state index in [0.717, 1.165) is 11.8 Å². The SMILES string of the molecule is CC[C@H](C)[C@H](NC(=O)[C@H](CC(N)=O)NC(=O)[C@H](CC(N)=O)NC(=O)[C@@H]1CCCN1C(=O)[C@H](CC(C)C)NC(=O)[C@H](CCC(=O)O)NC(=O)[C@@H](N)CC(C)C)C(=O)N[C@@H](CCC(N)=O)C(=O)N[C@@H](CO)C(=O)N[C@H](C(=O)N[C@H](C(=O)N[C@@H](CO)C(=O)O)[C@@H](C)O)[C@@H](C)CC. The molecule has 0 aromatic carbocycles. The number of aliphatic hydroxyl groups excluding tert-OH is 3. The molecule has 93 heavy (non-hydrogen) atoms. The molecule has 0 spiro atoms. The van der Waals surface area contributed by atoms with Crippen LogP contribution in [0.15, 0.2) is 0 Å². The van der Waals surface area contributed by atoms with E-state index < -0.39 is 230 Å². The fourth-order valence-electron chi connectivity index (χ4n) is 9.55. The molecule has 0 saturated carbocycles. The number of rotatable bonds is 43. The number of likely N-dealkylation sites (tertiary alicyclic amines) is 1. The van der Waals surface area contributed by atoms with E-state index in [-0.39, 0.29) is 63.3 Å². The number of primary amides is 3. The Balaban J connectivity index is 3.53. The minimum Gasteiger partial charge on any atom is -0.481 e. The lowest BCUT2D eigenvalue weighted by atomic mass is 9.96. The number of nitrogens with zero attached hydrogens (tertiary/aromatic N) is 1. The molecule has 0 unspecified atom stereocenters. The first-order valence-electron chi connectivity index (χ1n) is 30.6. The lowest BCUT2D eigenvalue weighted by Crippen LogP contribution is -2.63. The van der Waals surface area contributed by atoms with Crippen molar-refractivity contribution in [3.8, 4) is 0 Å². The summed E-state index contributed by atoms with van der Waals surface area (Å²) in [6.07, 6.45) is -4.85. The maximum atomic E-state index is 14.4. The van der Waals surface area contributed by atoms with Crippen molar-refractivity contribution in [2.24, 2.45) is 46.6 Å². The van der Waals surface area contributed by atoms with Gasteiger partial charge in [0.15, 0.2) is 0 Å². The van der Waals surface area contributed by atoms with Gasteiger partial charge in [-0.3, -0.25) is 71.9 Å². The summed E-state index contributed by atoms with van der Waals surface area (Å²) in [5, 5.41) is 71.8. The molecule has 0 radical (unpaired) electrons. The molecule has 1 saturated heterocycles. The van der Waals surface area contributed by atoms with Crippen LogP contribution < -0.4 is 76.1 Å². The largest absolute Gasteiger partial charge is 0.481 e. The molecule has 0 aromatic rings. The first kappa shape index (κ1) is 82.4. The highest BCUT2D eigenvalue weighted by Crippen LogP contribution is 2.22. The second kappa shape index (κ2) is 40.4. The topological polar surface area (TPSA) is 602 Å². The van der Waals surface area contributed by atoms with Crippen LogP contribution in [0, 0.1) is 23.7 Å². The van der Waals surface area contributed by atoms with Gasteiger partial charge < -0.3 is 107 Å². The Morgan fingerprint density at radius 3 is 1.29 bits per heavy atom. The molecule has 36 nitrogen and oxygen atoms in total. The zero-order valence-corrected chi connectivity index (χ0v) is 53.9. The van der Waals surface area contributed by atoms with Crippen LogP contribution in [0.5, 0.6) is 0 Å². The third-order valence-electron chi connectivity index (χ3n) is 15.2. The molecule has 1 fully saturated rings. The van der Waals surface area contributed by atoms with Crippen molar-refractivity contribution < 1.29 is 102 Å². The van der Waals surface area contributed by atoms with Crippen LogP contribution in [0.4, 0.5) is 0 Å². The van der Waals surface area contributed by atoms with Gasteiger partial charge in [-0.25, -0.2) is 4.79 Å². The van der Waals surface area contributed by atoms with Crippen molar-refractivity contribution in [2.45, 2.75) is 218 Å². The summed E-state index contributed by atoms with van der Waals surface area (Å²) in [7, 11) is 0. The van der Waals surface area contributed by atoms with Gasteiger partial charge in [-0.1, -0.05) is 68.2 Å². The number of hydrogen-bond acceptors (Lipinski definition) is 20. The average Bonchev–Trinajstić information content (AvgIpc) is 1.82. The van der Waals surface area contributed by atoms with Crippen molar-refractivity contribution in [1.29, 1.82) is 0 Å². The quantitative estimate of drug-likeness (QED) is 0.0270. The van der Waals surface area contributed by atoms with Crippen molar-refractivity contribution in [1.82, 2.24) is 58.1 Å². The zero-order chi connectivity index (χ0) is 71.3. The number of carboxylic acids is 2. The van der Waals surface area contributed by atoms with Gasteiger partial charge in [-0.15, -0.1) is 0 Å². The molecule has 14 amide bonds. The van der Waals surface area contributed by atoms with E-state index in [1.807, 2.05) is 19.2 Å². The Kier molecular flexibility index (Phi) is 35.8. The van der Waals surface area contributed by atoms with E-state index in [4.69, 9.17) is 22.9 Å². The van der Waals surface area contributed by atoms with Crippen LogP contribution in [0.25, 0.3) is 0 Å². The van der Waals surface area contributed by atoms with E-state index in [1.165, 1.54) is 13.8 Å². The highest BCUT2D eigenvalue weighted by atomic mass is 16.4. The van der Waals surface area contributed by atoms with Crippen LogP contribution in [0.3, 0.4) is 0 Å². The van der Waals surface area contributed by atoms with Gasteiger partial charge >= 0.3 is 11.9 Å². The fraction of sp³-hybridized carbons (Fsp3) is 0.719. The van der Waals surface area contributed by atoms with Crippen LogP contribution in [0.1, 0.15) is 139 Å². The molecule has 1 aliphatic heterocycles. The highest BCUT2D eigenvalue weighted by Gasteiger charge is 2.42. The molecule has 0 aliphatic carbocycles. The van der Waals surface area contributed by atoms with Crippen LogP contribution in [-0.4, -0.2) is 223 Å². The molecule has 0 bridgehead atoms. The number of amides is 14. The first-order valence-corrected chi connectivity index (χ1v) is 30.6. The number of carboxylic acid groups (broad SMARTS) is 2. The maximum absolute atomic E-state index is 14.4. The Bertz CT molecular complexity index is 2660. The Morgan fingerprint density at radius 1 is 0.462 bits per heavy atom. The summed E-state index contributed by atoms with van der Waals surface area (Å²) in [4.78, 5) is 213. The highest BCUT2D eigenvalue weighted by molar-refractivity contribution is 6.01. The molecule has 1 heterocycles. The summed E-state index contributed by atoms with van der Waals surface area (Å²) >= 11 is 0. The molecule has 36 heteroatoms. The number of hydrogen-bond donors (Lipinski definition) is 19. The van der Waals surface area contributed by atoms with Crippen LogP contribution in [0.2, 0.25) is 0 Å². The first-order chi connectivity index (χ1) is 43.3. The van der Waals surface area contributed by atoms with Crippen LogP contribution in [-0.2, 0) is 76.7 Å². The lowest BCUT2D eigenvalue weighted by Gasteiger charge is -2.31. The predicted octanol–water partition coefficient (Wildman–Crippen LogP) is -7.33. The molecular formula is C57H97N15O21. The number of aliphatic carboxylic acids is 2. The predicted molar refractivity (Wildman–Crippen MR) is 326 cm³/mol. The standard InChI is InChI=1S/C57H97N15O21/c1-10-27(7)43(53(88)63-31(14-16-39(59)76)48(83)67-36(23-73)51(86)70-44(28(8)11-2)54(89)71-45(29(9)75)55(90)68-37(24-74)57(92)93)69-50(85)34(22-41(61)78)64-49(84)33(21-40(60)77)65-52(87)38-13-12-18-72(38)56(91)35(20-26(5)6)66-47(82)32(15-17-42(79)80)62-46(81)30(58)19-25(3)4/h25-38,43-45,73-75H,10-24,58H2,1-9H3,(H2,59,76)(H2,60,77)(H2,61,78)(H,62,81)(H,63,88)(H,64,84)(H,65,87)(H,66,82)(H,67,83)(H,68,90)(H,69,85)(H,70,86)(H,71,89)(H,79,80)(H,92,93)/t27-,28-,29+,30-,31-,32-,33-,34-,35-,36-,37-,38-,43-,44-,45-/m0/s1. The molecule has 23 N–H and O–H groups in total. The molecule has 0 aromatic heterocycles. The summed E-state index contributed by atoms with van der Waals surface area (Å²) in [6.45, 7) is 12.1. The summed E-state index contributed by atoms with van der Waals surface area (Å²) in [6, 6.07) is -19.6. The second-order valence-corrected chi connectivity index (χ2v) is 23.9. The smallest absolute Gasteiger partial charge is 0.328 e. The Morgan fingerprint density at radius 2 is 0.849 bits per heavy atom. The Labute approximate surface area is 537 Å². The molecule has 1 aliphatic rings. The molecule has 15 atom stereocenters. The lowest BCUT2D eigenvalue weighted by molar-refractivity contribution is -0.144. The molecular weight excluding hydrogens is 1230 g/mol. The normalized spacial score (nSPS) is 17.4. The third-order valence-corrected chi connectivity index (χ3v) is 15.2. The van der Waals surface area contributed by atoms with Gasteiger partial charge in [0.05, 0.1) is 38.2 Å². The fourth-order valence-corrected chi connectivity index (χ4v) is 9.55. The van der Waals surface area contributed by atoms with Gasteiger partial charge in [0.1, 0.15) is 66.5 Å². The van der Waals surface area contributed by atoms with Crippen molar-refractivity contribution in [2.75, 3.05) is 19.8 Å². The minimum absolute atomic E-state index is 0.00562. The summed E-state index contributed by atoms with van der Waals surface area (Å²) in [5.74, 6) is -20.0. The van der Waals surface area contributed by atoms with Crippen molar-refractivity contribution >= 4 is 94.6 Å².